The number of esters is 2. The van der Waals surface area contributed by atoms with Crippen LogP contribution in [0, 0.1) is 0 Å². The van der Waals surface area contributed by atoms with Gasteiger partial charge in [-0.1, -0.05) is 256 Å². The second kappa shape index (κ2) is 51.4. The molecule has 0 saturated heterocycles. The van der Waals surface area contributed by atoms with Crippen molar-refractivity contribution in [3.05, 3.63) is 24.3 Å². The smallest absolute Gasteiger partial charge is 0.306 e. The number of rotatable bonds is 55. The van der Waals surface area contributed by atoms with E-state index in [0.29, 0.717) is 17.4 Å². The van der Waals surface area contributed by atoms with E-state index in [4.69, 9.17) is 18.5 Å². The Labute approximate surface area is 428 Å². The van der Waals surface area contributed by atoms with Gasteiger partial charge in [0.15, 0.2) is 6.10 Å². The average molecular weight is 997 g/mol. The molecule has 0 aromatic carbocycles. The predicted molar refractivity (Wildman–Crippen MR) is 291 cm³/mol. The van der Waals surface area contributed by atoms with Crippen molar-refractivity contribution in [2.24, 2.45) is 0 Å². The summed E-state index contributed by atoms with van der Waals surface area (Å²) in [5, 5.41) is 0. The summed E-state index contributed by atoms with van der Waals surface area (Å²) in [7, 11) is 1.18. The first kappa shape index (κ1) is 67.5. The Hall–Kier alpha value is -1.51. The highest BCUT2D eigenvalue weighted by atomic mass is 31.2. The van der Waals surface area contributed by atoms with Crippen molar-refractivity contribution in [2.45, 2.75) is 296 Å². The number of phosphoric ester groups is 1. The number of carbonyl (C=O) groups excluding carboxylic acids is 2. The van der Waals surface area contributed by atoms with Crippen LogP contribution in [0.25, 0.3) is 0 Å². The van der Waals surface area contributed by atoms with E-state index in [1.54, 1.807) is 0 Å². The molecule has 0 fully saturated rings. The third-order valence-corrected chi connectivity index (χ3v) is 14.2. The van der Waals surface area contributed by atoms with Gasteiger partial charge in [0.1, 0.15) is 19.8 Å². The summed E-state index contributed by atoms with van der Waals surface area (Å²) >= 11 is 0. The monoisotopic (exact) mass is 996 g/mol. The van der Waals surface area contributed by atoms with E-state index in [1.807, 2.05) is 21.1 Å². The standard InChI is InChI=1S/C59H114NO8P/c1-6-8-10-12-14-16-18-20-22-24-26-28-29-30-31-32-34-36-38-40-42-44-46-48-50-52-59(62)68-57(56-67-69(63,64)66-54-53-60(3,4)5)55-65-58(61)51-49-47-45-43-41-39-37-35-33-27-25-23-21-19-17-15-13-11-9-7-2/h18,20,24,26,57H,6-17,19,21-23,25,27-56H2,1-5H3/b20-18-,26-24-. The van der Waals surface area contributed by atoms with Gasteiger partial charge in [-0.3, -0.25) is 14.2 Å². The van der Waals surface area contributed by atoms with Gasteiger partial charge in [0, 0.05) is 12.8 Å². The number of likely N-dealkylation sites (N-methyl/N-ethyl adjacent to an activating group) is 1. The van der Waals surface area contributed by atoms with Crippen LogP contribution in [-0.2, 0) is 32.7 Å². The molecule has 408 valence electrons. The van der Waals surface area contributed by atoms with E-state index in [0.717, 1.165) is 44.9 Å². The lowest BCUT2D eigenvalue weighted by Crippen LogP contribution is -2.37. The first-order chi connectivity index (χ1) is 33.5. The third-order valence-electron chi connectivity index (χ3n) is 13.2. The molecule has 0 aliphatic heterocycles. The molecule has 0 aliphatic rings. The van der Waals surface area contributed by atoms with Crippen LogP contribution in [0.3, 0.4) is 0 Å². The van der Waals surface area contributed by atoms with Gasteiger partial charge in [0.05, 0.1) is 27.7 Å². The van der Waals surface area contributed by atoms with Gasteiger partial charge >= 0.3 is 11.9 Å². The van der Waals surface area contributed by atoms with Gasteiger partial charge in [-0.15, -0.1) is 0 Å². The Morgan fingerprint density at radius 2 is 0.783 bits per heavy atom. The van der Waals surface area contributed by atoms with Gasteiger partial charge in [0.25, 0.3) is 7.82 Å². The van der Waals surface area contributed by atoms with Crippen LogP contribution >= 0.6 is 7.82 Å². The number of unbranched alkanes of at least 4 members (excludes halogenated alkanes) is 37. The molecule has 69 heavy (non-hydrogen) atoms. The van der Waals surface area contributed by atoms with Crippen LogP contribution in [0.5, 0.6) is 0 Å². The number of hydrogen-bond donors (Lipinski definition) is 0. The normalized spacial score (nSPS) is 13.4. The summed E-state index contributed by atoms with van der Waals surface area (Å²) in [4.78, 5) is 37.9. The fourth-order valence-corrected chi connectivity index (χ4v) is 9.36. The number of nitrogens with zero attached hydrogens (tertiary/aromatic N) is 1. The molecule has 0 spiro atoms. The zero-order valence-corrected chi connectivity index (χ0v) is 47.2. The fraction of sp³-hybridized carbons (Fsp3) is 0.898. The summed E-state index contributed by atoms with van der Waals surface area (Å²) in [6.07, 6.45) is 60.8. The number of allylic oxidation sites excluding steroid dienone is 4. The first-order valence-electron chi connectivity index (χ1n) is 29.5. The fourth-order valence-electron chi connectivity index (χ4n) is 8.63. The molecule has 0 heterocycles. The molecule has 2 atom stereocenters. The van der Waals surface area contributed by atoms with E-state index in [-0.39, 0.29) is 32.0 Å². The van der Waals surface area contributed by atoms with Gasteiger partial charge in [0.2, 0.25) is 0 Å². The highest BCUT2D eigenvalue weighted by molar-refractivity contribution is 7.45. The maximum absolute atomic E-state index is 12.8. The topological polar surface area (TPSA) is 111 Å². The molecular weight excluding hydrogens is 882 g/mol. The quantitative estimate of drug-likeness (QED) is 0.0195. The molecule has 0 bridgehead atoms. The number of quaternary nitrogens is 1. The van der Waals surface area contributed by atoms with Crippen LogP contribution in [-0.4, -0.2) is 70.0 Å². The molecule has 9 nitrogen and oxygen atoms in total. The Kier molecular flexibility index (Phi) is 50.3. The zero-order chi connectivity index (χ0) is 50.6. The molecule has 0 radical (unpaired) electrons. The largest absolute Gasteiger partial charge is 0.756 e. The Bertz CT molecular complexity index is 1220. The maximum atomic E-state index is 12.8. The van der Waals surface area contributed by atoms with Crippen LogP contribution in [0.2, 0.25) is 0 Å². The van der Waals surface area contributed by atoms with Gasteiger partial charge in [-0.05, 0) is 44.9 Å². The molecule has 0 aromatic rings. The van der Waals surface area contributed by atoms with Gasteiger partial charge < -0.3 is 27.9 Å². The minimum Gasteiger partial charge on any atom is -0.756 e. The number of phosphoric acid groups is 1. The van der Waals surface area contributed by atoms with Gasteiger partial charge in [-0.2, -0.15) is 0 Å². The second-order valence-electron chi connectivity index (χ2n) is 21.4. The highest BCUT2D eigenvalue weighted by Crippen LogP contribution is 2.38. The molecule has 0 amide bonds. The summed E-state index contributed by atoms with van der Waals surface area (Å²) in [6.45, 7) is 4.28. The van der Waals surface area contributed by atoms with Crippen LogP contribution in [0.4, 0.5) is 0 Å². The van der Waals surface area contributed by atoms with Gasteiger partial charge in [-0.25, -0.2) is 0 Å². The predicted octanol–water partition coefficient (Wildman–Crippen LogP) is 17.6. The minimum absolute atomic E-state index is 0.0280. The van der Waals surface area contributed by atoms with Crippen molar-refractivity contribution in [1.82, 2.24) is 0 Å². The van der Waals surface area contributed by atoms with Crippen molar-refractivity contribution >= 4 is 19.8 Å². The second-order valence-corrected chi connectivity index (χ2v) is 22.8. The summed E-state index contributed by atoms with van der Waals surface area (Å²) < 4.78 is 34.2. The minimum atomic E-state index is -4.63. The SMILES string of the molecule is CCCCCCC/C=C\C/C=C\CCCCCCCCCCCCCCCC(=O)OC(COC(=O)CCCCCCCCCCCCCCCCCCCCCC)COP(=O)([O-])OCC[N+](C)(C)C. The molecule has 0 N–H and O–H groups in total. The van der Waals surface area contributed by atoms with E-state index >= 15 is 0 Å². The van der Waals surface area contributed by atoms with Crippen molar-refractivity contribution in [1.29, 1.82) is 0 Å². The molecule has 0 saturated carbocycles. The molecule has 0 aliphatic carbocycles. The Morgan fingerprint density at radius 1 is 0.449 bits per heavy atom. The molecule has 2 unspecified atom stereocenters. The number of hydrogen-bond acceptors (Lipinski definition) is 8. The van der Waals surface area contributed by atoms with Crippen molar-refractivity contribution in [3.63, 3.8) is 0 Å². The maximum Gasteiger partial charge on any atom is 0.306 e. The zero-order valence-electron chi connectivity index (χ0n) is 46.3. The van der Waals surface area contributed by atoms with Crippen molar-refractivity contribution < 1.29 is 42.1 Å². The number of carbonyl (C=O) groups is 2. The van der Waals surface area contributed by atoms with E-state index in [1.165, 1.54) is 212 Å². The van der Waals surface area contributed by atoms with Crippen molar-refractivity contribution in [2.75, 3.05) is 47.5 Å². The third kappa shape index (κ3) is 55.7. The average Bonchev–Trinajstić information content (AvgIpc) is 3.31. The van der Waals surface area contributed by atoms with E-state index in [2.05, 4.69) is 38.2 Å². The molecule has 10 heteroatoms. The van der Waals surface area contributed by atoms with Crippen LogP contribution in [0.15, 0.2) is 24.3 Å². The Morgan fingerprint density at radius 3 is 1.14 bits per heavy atom. The summed E-state index contributed by atoms with van der Waals surface area (Å²) in [5.74, 6) is -0.817. The lowest BCUT2D eigenvalue weighted by Gasteiger charge is -2.28. The molecular formula is C59H114NO8P. The molecule has 0 aromatic heterocycles. The Balaban J connectivity index is 4.12. The van der Waals surface area contributed by atoms with E-state index in [9.17, 15) is 19.0 Å². The summed E-state index contributed by atoms with van der Waals surface area (Å²) in [5.41, 5.74) is 0. The van der Waals surface area contributed by atoms with E-state index < -0.39 is 26.5 Å². The molecule has 0 rings (SSSR count). The number of ether oxygens (including phenoxy) is 2. The van der Waals surface area contributed by atoms with Crippen LogP contribution in [0.1, 0.15) is 290 Å². The van der Waals surface area contributed by atoms with Crippen LogP contribution < -0.4 is 4.89 Å². The lowest BCUT2D eigenvalue weighted by atomic mass is 10.0. The lowest BCUT2D eigenvalue weighted by molar-refractivity contribution is -0.870. The van der Waals surface area contributed by atoms with Crippen molar-refractivity contribution in [3.8, 4) is 0 Å². The highest BCUT2D eigenvalue weighted by Gasteiger charge is 2.22. The first-order valence-corrected chi connectivity index (χ1v) is 31.0. The summed E-state index contributed by atoms with van der Waals surface area (Å²) in [6, 6.07) is 0.